The van der Waals surface area contributed by atoms with E-state index in [2.05, 4.69) is 0 Å². The smallest absolute Gasteiger partial charge is 0.245 e. The van der Waals surface area contributed by atoms with Gasteiger partial charge in [0.1, 0.15) is 4.90 Å². The molecule has 1 aromatic rings. The predicted molar refractivity (Wildman–Crippen MR) is 81.8 cm³/mol. The minimum Gasteiger partial charge on any atom is -0.399 e. The largest absolute Gasteiger partial charge is 0.399 e. The molecule has 0 unspecified atom stereocenters. The number of rotatable bonds is 6. The van der Waals surface area contributed by atoms with Gasteiger partial charge in [-0.3, -0.25) is 0 Å². The average Bonchev–Trinajstić information content (AvgIpc) is 2.26. The van der Waals surface area contributed by atoms with Gasteiger partial charge in [0, 0.05) is 19.3 Å². The van der Waals surface area contributed by atoms with Gasteiger partial charge in [-0.15, -0.1) is 0 Å². The molecule has 0 saturated carbocycles. The Kier molecular flexibility index (Phi) is 6.09. The highest BCUT2D eigenvalue weighted by Crippen LogP contribution is 2.33. The van der Waals surface area contributed by atoms with Gasteiger partial charge < -0.3 is 10.5 Å². The average molecular weight is 341 g/mol. The molecular weight excluding hydrogens is 323 g/mol. The van der Waals surface area contributed by atoms with Gasteiger partial charge in [0.15, 0.2) is 0 Å². The number of benzene rings is 1. The van der Waals surface area contributed by atoms with Crippen LogP contribution in [-0.4, -0.2) is 39.0 Å². The van der Waals surface area contributed by atoms with E-state index in [0.717, 1.165) is 4.31 Å². The number of hydrogen-bond acceptors (Lipinski definition) is 4. The number of anilines is 1. The number of nitrogen functional groups attached to an aromatic ring is 1. The topological polar surface area (TPSA) is 72.6 Å². The van der Waals surface area contributed by atoms with Crippen LogP contribution in [0.4, 0.5) is 5.69 Å². The Bertz CT molecular complexity index is 553. The number of likely N-dealkylation sites (N-methyl/N-ethyl adjacent to an activating group) is 1. The van der Waals surface area contributed by atoms with E-state index in [1.54, 1.807) is 0 Å². The molecule has 0 bridgehead atoms. The van der Waals surface area contributed by atoms with Gasteiger partial charge >= 0.3 is 0 Å². The first kappa shape index (κ1) is 17.5. The zero-order chi connectivity index (χ0) is 15.5. The molecule has 0 aliphatic rings. The minimum absolute atomic E-state index is 0.00614. The number of sulfonamides is 1. The normalized spacial score (nSPS) is 12.3. The van der Waals surface area contributed by atoms with Crippen LogP contribution in [0, 0.1) is 0 Å². The van der Waals surface area contributed by atoms with E-state index >= 15 is 0 Å². The Morgan fingerprint density at radius 2 is 1.80 bits per heavy atom. The molecular formula is C12H18Cl2N2O3S. The van der Waals surface area contributed by atoms with Crippen LogP contribution in [0.2, 0.25) is 10.0 Å². The number of halogens is 2. The van der Waals surface area contributed by atoms with Crippen molar-refractivity contribution < 1.29 is 13.2 Å². The molecule has 1 rings (SSSR count). The summed E-state index contributed by atoms with van der Waals surface area (Å²) in [4.78, 5) is -0.137. The molecule has 20 heavy (non-hydrogen) atoms. The molecule has 0 atom stereocenters. The Morgan fingerprint density at radius 3 is 2.25 bits per heavy atom. The summed E-state index contributed by atoms with van der Waals surface area (Å²) in [6, 6.07) is 2.72. The molecule has 0 heterocycles. The van der Waals surface area contributed by atoms with E-state index in [1.807, 2.05) is 13.8 Å². The third-order valence-electron chi connectivity index (χ3n) is 2.55. The van der Waals surface area contributed by atoms with E-state index in [4.69, 9.17) is 33.7 Å². The highest BCUT2D eigenvalue weighted by molar-refractivity contribution is 7.89. The summed E-state index contributed by atoms with van der Waals surface area (Å²) in [5, 5.41) is 0.0123. The van der Waals surface area contributed by atoms with Crippen LogP contribution >= 0.6 is 23.2 Å². The molecule has 1 aromatic carbocycles. The highest BCUT2D eigenvalue weighted by atomic mass is 35.5. The number of hydrogen-bond donors (Lipinski definition) is 1. The summed E-state index contributed by atoms with van der Waals surface area (Å²) >= 11 is 11.9. The Labute approximate surface area is 129 Å². The number of ether oxygens (including phenoxy) is 1. The highest BCUT2D eigenvalue weighted by Gasteiger charge is 2.26. The van der Waals surface area contributed by atoms with E-state index in [-0.39, 0.29) is 34.2 Å². The second-order valence-corrected chi connectivity index (χ2v) is 7.36. The van der Waals surface area contributed by atoms with Gasteiger partial charge in [-0.1, -0.05) is 23.2 Å². The van der Waals surface area contributed by atoms with Crippen molar-refractivity contribution in [2.75, 3.05) is 25.9 Å². The molecule has 0 aliphatic heterocycles. The van der Waals surface area contributed by atoms with Crippen LogP contribution in [0.5, 0.6) is 0 Å². The second kappa shape index (κ2) is 6.95. The van der Waals surface area contributed by atoms with Crippen molar-refractivity contribution in [1.82, 2.24) is 4.31 Å². The number of nitrogens with two attached hydrogens (primary N) is 1. The lowest BCUT2D eigenvalue weighted by atomic mass is 10.3. The Morgan fingerprint density at radius 1 is 1.30 bits per heavy atom. The molecule has 5 nitrogen and oxygen atoms in total. The minimum atomic E-state index is -3.78. The molecule has 0 fully saturated rings. The van der Waals surface area contributed by atoms with Crippen LogP contribution < -0.4 is 5.73 Å². The van der Waals surface area contributed by atoms with Gasteiger partial charge in [-0.2, -0.15) is 4.31 Å². The van der Waals surface area contributed by atoms with Crippen LogP contribution in [-0.2, 0) is 14.8 Å². The summed E-state index contributed by atoms with van der Waals surface area (Å²) in [5.41, 5.74) is 5.87. The molecule has 0 aliphatic carbocycles. The summed E-state index contributed by atoms with van der Waals surface area (Å²) in [7, 11) is -2.33. The summed E-state index contributed by atoms with van der Waals surface area (Å²) in [5.74, 6) is 0. The molecule has 0 saturated heterocycles. The zero-order valence-electron chi connectivity index (χ0n) is 11.6. The zero-order valence-corrected chi connectivity index (χ0v) is 13.9. The van der Waals surface area contributed by atoms with Crippen molar-refractivity contribution in [1.29, 1.82) is 0 Å². The SMILES string of the molecule is CC(C)OCCN(C)S(=O)(=O)c1c(Cl)cc(N)cc1Cl. The van der Waals surface area contributed by atoms with Gasteiger partial charge in [-0.25, -0.2) is 8.42 Å². The predicted octanol–water partition coefficient (Wildman–Crippen LogP) is 2.62. The van der Waals surface area contributed by atoms with Crippen molar-refractivity contribution in [2.24, 2.45) is 0 Å². The molecule has 114 valence electrons. The first-order valence-corrected chi connectivity index (χ1v) is 8.18. The molecule has 8 heteroatoms. The van der Waals surface area contributed by atoms with Gasteiger partial charge in [-0.05, 0) is 26.0 Å². The van der Waals surface area contributed by atoms with E-state index in [0.29, 0.717) is 5.69 Å². The van der Waals surface area contributed by atoms with Crippen LogP contribution in [0.25, 0.3) is 0 Å². The maximum absolute atomic E-state index is 12.4. The monoisotopic (exact) mass is 340 g/mol. The lowest BCUT2D eigenvalue weighted by Crippen LogP contribution is -2.31. The van der Waals surface area contributed by atoms with E-state index < -0.39 is 10.0 Å². The Balaban J connectivity index is 2.99. The fourth-order valence-electron chi connectivity index (χ4n) is 1.52. The van der Waals surface area contributed by atoms with Crippen LogP contribution in [0.1, 0.15) is 13.8 Å². The van der Waals surface area contributed by atoms with Crippen molar-refractivity contribution in [2.45, 2.75) is 24.8 Å². The molecule has 0 radical (unpaired) electrons. The standard InChI is InChI=1S/C12H18Cl2N2O3S/c1-8(2)19-5-4-16(3)20(17,18)12-10(13)6-9(15)7-11(12)14/h6-8H,4-5,15H2,1-3H3. The van der Waals surface area contributed by atoms with E-state index in [9.17, 15) is 8.42 Å². The fraction of sp³-hybridized carbons (Fsp3) is 0.500. The fourth-order valence-corrected chi connectivity index (χ4v) is 3.85. The van der Waals surface area contributed by atoms with Crippen molar-refractivity contribution in [3.8, 4) is 0 Å². The van der Waals surface area contributed by atoms with Crippen LogP contribution in [0.15, 0.2) is 17.0 Å². The number of nitrogens with zero attached hydrogens (tertiary/aromatic N) is 1. The third kappa shape index (κ3) is 4.23. The lowest BCUT2D eigenvalue weighted by Gasteiger charge is -2.19. The maximum atomic E-state index is 12.4. The van der Waals surface area contributed by atoms with Crippen LogP contribution in [0.3, 0.4) is 0 Å². The van der Waals surface area contributed by atoms with Crippen molar-refractivity contribution in [3.63, 3.8) is 0 Å². The van der Waals surface area contributed by atoms with Gasteiger partial charge in [0.25, 0.3) is 0 Å². The van der Waals surface area contributed by atoms with Gasteiger partial charge in [0.2, 0.25) is 10.0 Å². The lowest BCUT2D eigenvalue weighted by molar-refractivity contribution is 0.0737. The summed E-state index contributed by atoms with van der Waals surface area (Å²) in [6.45, 7) is 4.25. The third-order valence-corrected chi connectivity index (χ3v) is 5.33. The van der Waals surface area contributed by atoms with Gasteiger partial charge in [0.05, 0.1) is 22.8 Å². The molecule has 2 N–H and O–H groups in total. The van der Waals surface area contributed by atoms with Crippen molar-refractivity contribution >= 4 is 38.9 Å². The van der Waals surface area contributed by atoms with Crippen molar-refractivity contribution in [3.05, 3.63) is 22.2 Å². The first-order valence-electron chi connectivity index (χ1n) is 5.98. The molecule has 0 spiro atoms. The summed E-state index contributed by atoms with van der Waals surface area (Å²) in [6.07, 6.45) is 0.0369. The molecule has 0 aromatic heterocycles. The maximum Gasteiger partial charge on any atom is 0.245 e. The quantitative estimate of drug-likeness (QED) is 0.808. The first-order chi connectivity index (χ1) is 9.16. The summed E-state index contributed by atoms with van der Waals surface area (Å²) < 4.78 is 31.3. The Hall–Kier alpha value is -0.530. The van der Waals surface area contributed by atoms with E-state index in [1.165, 1.54) is 19.2 Å². The molecule has 0 amide bonds. The second-order valence-electron chi connectivity index (χ2n) is 4.56.